The first-order valence-electron chi connectivity index (χ1n) is 9.61. The van der Waals surface area contributed by atoms with Crippen LogP contribution >= 0.6 is 0 Å². The fourth-order valence-corrected chi connectivity index (χ4v) is 5.70. The van der Waals surface area contributed by atoms with Gasteiger partial charge in [0.25, 0.3) is 0 Å². The number of unbranched alkanes of at least 4 members (excludes halogenated alkanes) is 1. The van der Waals surface area contributed by atoms with Gasteiger partial charge in [-0.25, -0.2) is 21.9 Å². The maximum atomic E-state index is 13.4. The summed E-state index contributed by atoms with van der Waals surface area (Å²) < 4.78 is 53.9. The molecule has 0 radical (unpaired) electrons. The molecule has 0 aromatic heterocycles. The number of sulfonamides is 1. The molecule has 2 saturated carbocycles. The summed E-state index contributed by atoms with van der Waals surface area (Å²) in [6.07, 6.45) is 8.80. The average Bonchev–Trinajstić information content (AvgIpc) is 3.23. The molecule has 2 fully saturated rings. The fraction of sp³-hybridized carbons (Fsp3) is 0.550. The van der Waals surface area contributed by atoms with Crippen molar-refractivity contribution in [3.05, 3.63) is 42.0 Å². The molecule has 0 saturated heterocycles. The summed E-state index contributed by atoms with van der Waals surface area (Å²) in [5.41, 5.74) is 0. The third-order valence-electron chi connectivity index (χ3n) is 5.99. The van der Waals surface area contributed by atoms with E-state index in [0.717, 1.165) is 31.4 Å². The highest BCUT2D eigenvalue weighted by atomic mass is 32.2. The topological polar surface area (TPSA) is 83.5 Å². The maximum Gasteiger partial charge on any atom is 0.303 e. The molecule has 0 spiro atoms. The van der Waals surface area contributed by atoms with Gasteiger partial charge < -0.3 is 5.11 Å². The monoisotopic (exact) mass is 413 g/mol. The number of aliphatic carboxylic acids is 1. The minimum Gasteiger partial charge on any atom is -0.481 e. The standard InChI is InChI=1S/C20H25F2NO4S/c21-18-9-8-15(11-19(18)22)28(26,27)23-12-17-14-7-6-13(10-14)16(17)4-2-1-3-5-20(24)25/h2,4,8-9,11,13-14,16-17,23H,1,3,5-7,10,12H2,(H,24,25)/b4-2-/t13-,14+,16-,17+/m1/s1. The van der Waals surface area contributed by atoms with Crippen LogP contribution in [0.15, 0.2) is 35.2 Å². The Bertz CT molecular complexity index is 856. The van der Waals surface area contributed by atoms with Gasteiger partial charge in [-0.3, -0.25) is 4.79 Å². The maximum absolute atomic E-state index is 13.4. The summed E-state index contributed by atoms with van der Waals surface area (Å²) in [7, 11) is -3.91. The van der Waals surface area contributed by atoms with E-state index in [1.807, 2.05) is 6.08 Å². The van der Waals surface area contributed by atoms with Crippen LogP contribution in [0, 0.1) is 35.3 Å². The fourth-order valence-electron chi connectivity index (χ4n) is 4.62. The van der Waals surface area contributed by atoms with Crippen molar-refractivity contribution in [2.75, 3.05) is 6.54 Å². The molecule has 0 heterocycles. The van der Waals surface area contributed by atoms with Crippen LogP contribution in [0.25, 0.3) is 0 Å². The van der Waals surface area contributed by atoms with Crippen molar-refractivity contribution in [3.63, 3.8) is 0 Å². The number of fused-ring (bicyclic) bond motifs is 2. The van der Waals surface area contributed by atoms with E-state index >= 15 is 0 Å². The lowest BCUT2D eigenvalue weighted by Crippen LogP contribution is -2.35. The van der Waals surface area contributed by atoms with Crippen LogP contribution in [0.4, 0.5) is 8.78 Å². The van der Waals surface area contributed by atoms with Crippen LogP contribution in [0.1, 0.15) is 38.5 Å². The van der Waals surface area contributed by atoms with Gasteiger partial charge in [0.2, 0.25) is 10.0 Å². The van der Waals surface area contributed by atoms with E-state index in [4.69, 9.17) is 5.11 Å². The lowest BCUT2D eigenvalue weighted by Gasteiger charge is -2.29. The largest absolute Gasteiger partial charge is 0.481 e. The average molecular weight is 413 g/mol. The van der Waals surface area contributed by atoms with Crippen molar-refractivity contribution < 1.29 is 27.1 Å². The third-order valence-corrected chi connectivity index (χ3v) is 7.41. The molecular weight excluding hydrogens is 388 g/mol. The molecule has 4 atom stereocenters. The molecule has 5 nitrogen and oxygen atoms in total. The number of halogens is 2. The first-order valence-corrected chi connectivity index (χ1v) is 11.1. The number of hydrogen-bond acceptors (Lipinski definition) is 3. The number of carboxylic acids is 1. The molecule has 28 heavy (non-hydrogen) atoms. The molecule has 1 aromatic rings. The van der Waals surface area contributed by atoms with Gasteiger partial charge in [-0.15, -0.1) is 0 Å². The number of hydrogen-bond donors (Lipinski definition) is 2. The predicted molar refractivity (Wildman–Crippen MR) is 100.0 cm³/mol. The Balaban J connectivity index is 1.62. The second-order valence-electron chi connectivity index (χ2n) is 7.72. The van der Waals surface area contributed by atoms with Crippen molar-refractivity contribution in [2.45, 2.75) is 43.4 Å². The lowest BCUT2D eigenvalue weighted by molar-refractivity contribution is -0.137. The zero-order chi connectivity index (χ0) is 20.3. The van der Waals surface area contributed by atoms with E-state index in [1.54, 1.807) is 0 Å². The SMILES string of the molecule is O=C(O)CCC/C=C\[C@@H]1[C@@H]2CC[C@@H](C2)[C@@H]1CNS(=O)(=O)c1ccc(F)c(F)c1. The molecule has 0 amide bonds. The molecule has 2 aliphatic carbocycles. The smallest absolute Gasteiger partial charge is 0.303 e. The van der Waals surface area contributed by atoms with Gasteiger partial charge in [0.15, 0.2) is 11.6 Å². The molecule has 2 N–H and O–H groups in total. The molecular formula is C20H25F2NO4S. The minimum atomic E-state index is -3.91. The molecule has 0 unspecified atom stereocenters. The lowest BCUT2D eigenvalue weighted by atomic mass is 9.79. The number of carboxylic acid groups (broad SMARTS) is 1. The Kier molecular flexibility index (Phi) is 6.50. The van der Waals surface area contributed by atoms with Gasteiger partial charge in [-0.1, -0.05) is 12.2 Å². The Hall–Kier alpha value is -1.80. The van der Waals surface area contributed by atoms with Gasteiger partial charge in [0.05, 0.1) is 4.90 Å². The second-order valence-corrected chi connectivity index (χ2v) is 9.48. The van der Waals surface area contributed by atoms with E-state index in [2.05, 4.69) is 10.8 Å². The van der Waals surface area contributed by atoms with E-state index in [-0.39, 0.29) is 29.7 Å². The van der Waals surface area contributed by atoms with Crippen molar-refractivity contribution in [2.24, 2.45) is 23.7 Å². The van der Waals surface area contributed by atoms with Gasteiger partial charge >= 0.3 is 5.97 Å². The van der Waals surface area contributed by atoms with Gasteiger partial charge in [-0.05, 0) is 74.0 Å². The molecule has 3 rings (SSSR count). The molecule has 1 aromatic carbocycles. The Labute approximate surface area is 163 Å². The molecule has 0 aliphatic heterocycles. The molecule has 2 aliphatic rings. The molecule has 8 heteroatoms. The van der Waals surface area contributed by atoms with Crippen molar-refractivity contribution in [1.29, 1.82) is 0 Å². The highest BCUT2D eigenvalue weighted by molar-refractivity contribution is 7.89. The Morgan fingerprint density at radius 3 is 2.68 bits per heavy atom. The van der Waals surface area contributed by atoms with Crippen LogP contribution in [0.3, 0.4) is 0 Å². The quantitative estimate of drug-likeness (QED) is 0.477. The zero-order valence-electron chi connectivity index (χ0n) is 15.5. The van der Waals surface area contributed by atoms with Crippen LogP contribution in [-0.4, -0.2) is 26.0 Å². The summed E-state index contributed by atoms with van der Waals surface area (Å²) in [6, 6.07) is 2.56. The predicted octanol–water partition coefficient (Wildman–Crippen LogP) is 3.72. The summed E-state index contributed by atoms with van der Waals surface area (Å²) in [5.74, 6) is -1.68. The highest BCUT2D eigenvalue weighted by Crippen LogP contribution is 2.52. The second kappa shape index (κ2) is 8.69. The van der Waals surface area contributed by atoms with Crippen LogP contribution in [0.2, 0.25) is 0 Å². The van der Waals surface area contributed by atoms with E-state index in [1.165, 1.54) is 0 Å². The Morgan fingerprint density at radius 1 is 1.21 bits per heavy atom. The number of carbonyl (C=O) groups is 1. The summed E-state index contributed by atoms with van der Waals surface area (Å²) in [4.78, 5) is 10.3. The van der Waals surface area contributed by atoms with Gasteiger partial charge in [0.1, 0.15) is 0 Å². The minimum absolute atomic E-state index is 0.137. The number of rotatable bonds is 9. The van der Waals surface area contributed by atoms with Gasteiger partial charge in [0, 0.05) is 13.0 Å². The van der Waals surface area contributed by atoms with E-state index < -0.39 is 27.6 Å². The van der Waals surface area contributed by atoms with Crippen LogP contribution < -0.4 is 4.72 Å². The van der Waals surface area contributed by atoms with Crippen LogP contribution in [0.5, 0.6) is 0 Å². The molecule has 2 bridgehead atoms. The summed E-state index contributed by atoms with van der Waals surface area (Å²) in [6.45, 7) is 0.257. The van der Waals surface area contributed by atoms with Crippen molar-refractivity contribution in [1.82, 2.24) is 4.72 Å². The van der Waals surface area contributed by atoms with E-state index in [0.29, 0.717) is 30.7 Å². The zero-order valence-corrected chi connectivity index (χ0v) is 16.3. The Morgan fingerprint density at radius 2 is 1.96 bits per heavy atom. The highest BCUT2D eigenvalue weighted by Gasteiger charge is 2.46. The van der Waals surface area contributed by atoms with E-state index in [9.17, 15) is 22.0 Å². The number of allylic oxidation sites excluding steroid dienone is 2. The normalized spacial score (nSPS) is 26.9. The van der Waals surface area contributed by atoms with Crippen molar-refractivity contribution in [3.8, 4) is 0 Å². The van der Waals surface area contributed by atoms with Crippen LogP contribution in [-0.2, 0) is 14.8 Å². The van der Waals surface area contributed by atoms with Gasteiger partial charge in [-0.2, -0.15) is 0 Å². The first kappa shape index (κ1) is 20.9. The molecule has 154 valence electrons. The number of nitrogens with one attached hydrogen (secondary N) is 1. The summed E-state index contributed by atoms with van der Waals surface area (Å²) >= 11 is 0. The third kappa shape index (κ3) is 4.78. The van der Waals surface area contributed by atoms with Crippen molar-refractivity contribution >= 4 is 16.0 Å². The summed E-state index contributed by atoms with van der Waals surface area (Å²) in [5, 5.41) is 8.69. The number of benzene rings is 1. The first-order chi connectivity index (χ1) is 13.3.